The SMILES string of the molecule is C=CC(=O)OCCCCCCCC(O)CC. The number of carbonyl (C=O) groups excluding carboxylic acids is 1. The van der Waals surface area contributed by atoms with E-state index < -0.39 is 0 Å². The van der Waals surface area contributed by atoms with Crippen LogP contribution in [0, 0.1) is 0 Å². The number of aliphatic hydroxyl groups excluding tert-OH is 1. The van der Waals surface area contributed by atoms with Gasteiger partial charge in [0.2, 0.25) is 0 Å². The molecule has 0 heterocycles. The number of esters is 1. The molecule has 0 aromatic rings. The van der Waals surface area contributed by atoms with Gasteiger partial charge in [0.1, 0.15) is 0 Å². The number of hydrogen-bond donors (Lipinski definition) is 1. The van der Waals surface area contributed by atoms with Crippen LogP contribution in [0.25, 0.3) is 0 Å². The van der Waals surface area contributed by atoms with Crippen LogP contribution in [0.5, 0.6) is 0 Å². The van der Waals surface area contributed by atoms with Crippen LogP contribution in [0.2, 0.25) is 0 Å². The molecule has 0 aliphatic rings. The first-order valence-electron chi connectivity index (χ1n) is 6.18. The van der Waals surface area contributed by atoms with Crippen molar-refractivity contribution in [2.24, 2.45) is 0 Å². The number of rotatable bonds is 10. The molecule has 16 heavy (non-hydrogen) atoms. The fraction of sp³-hybridized carbons (Fsp3) is 0.769. The molecular formula is C13H24O3. The van der Waals surface area contributed by atoms with Crippen molar-refractivity contribution in [1.29, 1.82) is 0 Å². The monoisotopic (exact) mass is 228 g/mol. The smallest absolute Gasteiger partial charge is 0.330 e. The van der Waals surface area contributed by atoms with Crippen LogP contribution in [0.3, 0.4) is 0 Å². The molecule has 0 aromatic carbocycles. The summed E-state index contributed by atoms with van der Waals surface area (Å²) in [6.45, 7) is 5.81. The molecule has 0 fully saturated rings. The van der Waals surface area contributed by atoms with Gasteiger partial charge >= 0.3 is 5.97 Å². The molecule has 0 aliphatic carbocycles. The number of carbonyl (C=O) groups is 1. The normalized spacial score (nSPS) is 12.1. The Labute approximate surface area is 98.5 Å². The van der Waals surface area contributed by atoms with Gasteiger partial charge in [0.25, 0.3) is 0 Å². The summed E-state index contributed by atoms with van der Waals surface area (Å²) in [5, 5.41) is 9.32. The van der Waals surface area contributed by atoms with Crippen molar-refractivity contribution in [2.45, 2.75) is 58.0 Å². The molecule has 3 heteroatoms. The summed E-state index contributed by atoms with van der Waals surface area (Å²) in [5.41, 5.74) is 0. The van der Waals surface area contributed by atoms with E-state index in [0.29, 0.717) is 6.61 Å². The lowest BCUT2D eigenvalue weighted by Crippen LogP contribution is -2.03. The van der Waals surface area contributed by atoms with Crippen molar-refractivity contribution in [2.75, 3.05) is 6.61 Å². The zero-order valence-electron chi connectivity index (χ0n) is 10.3. The van der Waals surface area contributed by atoms with Crippen LogP contribution in [0.15, 0.2) is 12.7 Å². The van der Waals surface area contributed by atoms with Crippen LogP contribution in [0.1, 0.15) is 51.9 Å². The van der Waals surface area contributed by atoms with E-state index in [1.165, 1.54) is 6.08 Å². The fourth-order valence-corrected chi connectivity index (χ4v) is 1.45. The van der Waals surface area contributed by atoms with Gasteiger partial charge in [-0.3, -0.25) is 0 Å². The lowest BCUT2D eigenvalue weighted by molar-refractivity contribution is -0.137. The molecule has 0 bridgehead atoms. The summed E-state index contributed by atoms with van der Waals surface area (Å²) in [6.07, 6.45) is 8.16. The average molecular weight is 228 g/mol. The standard InChI is InChI=1S/C13H24O3/c1-3-12(14)10-8-6-5-7-9-11-16-13(15)4-2/h4,12,14H,2-3,5-11H2,1H3. The van der Waals surface area contributed by atoms with E-state index in [0.717, 1.165) is 44.9 Å². The molecule has 0 radical (unpaired) electrons. The van der Waals surface area contributed by atoms with Crippen molar-refractivity contribution in [3.05, 3.63) is 12.7 Å². The second kappa shape index (κ2) is 10.7. The first-order chi connectivity index (χ1) is 7.70. The lowest BCUT2D eigenvalue weighted by Gasteiger charge is -2.06. The van der Waals surface area contributed by atoms with Crippen molar-refractivity contribution >= 4 is 5.97 Å². The quantitative estimate of drug-likeness (QED) is 0.355. The van der Waals surface area contributed by atoms with Crippen molar-refractivity contribution in [1.82, 2.24) is 0 Å². The van der Waals surface area contributed by atoms with Crippen LogP contribution in [0.4, 0.5) is 0 Å². The summed E-state index contributed by atoms with van der Waals surface area (Å²) in [5.74, 6) is -0.342. The Morgan fingerprint density at radius 1 is 1.31 bits per heavy atom. The number of aliphatic hydroxyl groups is 1. The van der Waals surface area contributed by atoms with Gasteiger partial charge in [-0.2, -0.15) is 0 Å². The molecule has 3 nitrogen and oxygen atoms in total. The van der Waals surface area contributed by atoms with Crippen molar-refractivity contribution < 1.29 is 14.6 Å². The predicted octanol–water partition coefficient (Wildman–Crippen LogP) is 2.83. The Kier molecular flexibility index (Phi) is 10.1. The molecule has 1 N–H and O–H groups in total. The van der Waals surface area contributed by atoms with Crippen LogP contribution < -0.4 is 0 Å². The maximum absolute atomic E-state index is 10.7. The number of ether oxygens (including phenoxy) is 1. The van der Waals surface area contributed by atoms with E-state index >= 15 is 0 Å². The fourth-order valence-electron chi connectivity index (χ4n) is 1.45. The third-order valence-electron chi connectivity index (χ3n) is 2.56. The topological polar surface area (TPSA) is 46.5 Å². The highest BCUT2D eigenvalue weighted by Crippen LogP contribution is 2.09. The Morgan fingerprint density at radius 2 is 1.94 bits per heavy atom. The summed E-state index contributed by atoms with van der Waals surface area (Å²) in [7, 11) is 0. The van der Waals surface area contributed by atoms with Gasteiger partial charge in [-0.1, -0.05) is 39.2 Å². The van der Waals surface area contributed by atoms with Crippen molar-refractivity contribution in [3.8, 4) is 0 Å². The van der Waals surface area contributed by atoms with E-state index in [2.05, 4.69) is 6.58 Å². The maximum atomic E-state index is 10.7. The molecule has 0 amide bonds. The molecule has 0 saturated heterocycles. The Balaban J connectivity index is 3.10. The first kappa shape index (κ1) is 15.2. The van der Waals surface area contributed by atoms with Gasteiger partial charge in [0, 0.05) is 6.08 Å². The second-order valence-electron chi connectivity index (χ2n) is 3.99. The van der Waals surface area contributed by atoms with E-state index in [4.69, 9.17) is 4.74 Å². The largest absolute Gasteiger partial charge is 0.463 e. The molecule has 1 atom stereocenters. The Bertz CT molecular complexity index is 190. The number of unbranched alkanes of at least 4 members (excludes halogenated alkanes) is 4. The Morgan fingerprint density at radius 3 is 2.56 bits per heavy atom. The highest BCUT2D eigenvalue weighted by atomic mass is 16.5. The van der Waals surface area contributed by atoms with Gasteiger partial charge in [-0.15, -0.1) is 0 Å². The van der Waals surface area contributed by atoms with E-state index in [-0.39, 0.29) is 12.1 Å². The van der Waals surface area contributed by atoms with Gasteiger partial charge < -0.3 is 9.84 Å². The van der Waals surface area contributed by atoms with Gasteiger partial charge in [-0.25, -0.2) is 4.79 Å². The van der Waals surface area contributed by atoms with Crippen LogP contribution in [-0.4, -0.2) is 23.8 Å². The van der Waals surface area contributed by atoms with E-state index in [9.17, 15) is 9.90 Å². The molecule has 0 saturated carbocycles. The molecule has 0 aromatic heterocycles. The van der Waals surface area contributed by atoms with Crippen molar-refractivity contribution in [3.63, 3.8) is 0 Å². The number of hydrogen-bond acceptors (Lipinski definition) is 3. The zero-order chi connectivity index (χ0) is 12.2. The zero-order valence-corrected chi connectivity index (χ0v) is 10.3. The van der Waals surface area contributed by atoms with Crippen LogP contribution >= 0.6 is 0 Å². The molecule has 94 valence electrons. The molecular weight excluding hydrogens is 204 g/mol. The van der Waals surface area contributed by atoms with Crippen LogP contribution in [-0.2, 0) is 9.53 Å². The summed E-state index contributed by atoms with van der Waals surface area (Å²) in [4.78, 5) is 10.7. The van der Waals surface area contributed by atoms with Gasteiger partial charge in [-0.05, 0) is 19.3 Å². The third kappa shape index (κ3) is 9.71. The highest BCUT2D eigenvalue weighted by Gasteiger charge is 2.00. The highest BCUT2D eigenvalue weighted by molar-refractivity contribution is 5.81. The third-order valence-corrected chi connectivity index (χ3v) is 2.56. The minimum atomic E-state index is -0.342. The predicted molar refractivity (Wildman–Crippen MR) is 65.2 cm³/mol. The Hall–Kier alpha value is -0.830. The van der Waals surface area contributed by atoms with E-state index in [1.807, 2.05) is 6.92 Å². The maximum Gasteiger partial charge on any atom is 0.330 e. The molecule has 0 rings (SSSR count). The van der Waals surface area contributed by atoms with Gasteiger partial charge in [0.05, 0.1) is 12.7 Å². The molecule has 1 unspecified atom stereocenters. The van der Waals surface area contributed by atoms with E-state index in [1.54, 1.807) is 0 Å². The van der Waals surface area contributed by atoms with Gasteiger partial charge in [0.15, 0.2) is 0 Å². The average Bonchev–Trinajstić information content (AvgIpc) is 2.31. The second-order valence-corrected chi connectivity index (χ2v) is 3.99. The summed E-state index contributed by atoms with van der Waals surface area (Å²) >= 11 is 0. The molecule has 0 aliphatic heterocycles. The summed E-state index contributed by atoms with van der Waals surface area (Å²) < 4.78 is 4.86. The first-order valence-corrected chi connectivity index (χ1v) is 6.18. The minimum absolute atomic E-state index is 0.131. The molecule has 0 spiro atoms. The minimum Gasteiger partial charge on any atom is -0.463 e. The lowest BCUT2D eigenvalue weighted by atomic mass is 10.1. The summed E-state index contributed by atoms with van der Waals surface area (Å²) in [6, 6.07) is 0.